The molecule has 0 aromatic heterocycles. The van der Waals surface area contributed by atoms with Crippen molar-refractivity contribution >= 4 is 31.9 Å². The lowest BCUT2D eigenvalue weighted by molar-refractivity contribution is 0.298. The maximum atomic E-state index is 3.59. The van der Waals surface area contributed by atoms with Crippen LogP contribution in [0.2, 0.25) is 0 Å². The topological polar surface area (TPSA) is 15.3 Å². The van der Waals surface area contributed by atoms with E-state index in [4.69, 9.17) is 0 Å². The van der Waals surface area contributed by atoms with Gasteiger partial charge >= 0.3 is 0 Å². The molecule has 1 aromatic rings. The Balaban J connectivity index is 1.77. The minimum absolute atomic E-state index is 0.547. The molecule has 1 aromatic carbocycles. The first kappa shape index (κ1) is 14.5. The van der Waals surface area contributed by atoms with Crippen molar-refractivity contribution in [3.8, 4) is 0 Å². The van der Waals surface area contributed by atoms with Gasteiger partial charge in [0, 0.05) is 28.1 Å². The summed E-state index contributed by atoms with van der Waals surface area (Å²) in [7, 11) is 0. The van der Waals surface area contributed by atoms with Crippen molar-refractivity contribution < 1.29 is 0 Å². The van der Waals surface area contributed by atoms with Gasteiger partial charge in [-0.1, -0.05) is 6.07 Å². The fraction of sp³-hybridized carbons (Fsp3) is 0.571. The summed E-state index contributed by atoms with van der Waals surface area (Å²) in [5.74, 6) is 0. The number of hydrogen-bond donors (Lipinski definition) is 1. The second kappa shape index (κ2) is 7.04. The van der Waals surface area contributed by atoms with E-state index >= 15 is 0 Å². The Hall–Kier alpha value is 0.1000. The number of nitrogens with one attached hydrogen (secondary N) is 1. The summed E-state index contributed by atoms with van der Waals surface area (Å²) in [4.78, 5) is 2.55. The van der Waals surface area contributed by atoms with Crippen LogP contribution in [-0.4, -0.2) is 30.6 Å². The third-order valence-electron chi connectivity index (χ3n) is 3.37. The van der Waals surface area contributed by atoms with Crippen LogP contribution >= 0.6 is 31.9 Å². The Morgan fingerprint density at radius 1 is 1.22 bits per heavy atom. The van der Waals surface area contributed by atoms with Crippen LogP contribution in [0.3, 0.4) is 0 Å². The average Bonchev–Trinajstić information content (AvgIpc) is 2.83. The summed E-state index contributed by atoms with van der Waals surface area (Å²) < 4.78 is 2.23. The summed E-state index contributed by atoms with van der Waals surface area (Å²) in [5, 5.41) is 3.59. The fourth-order valence-electron chi connectivity index (χ4n) is 2.36. The second-order valence-corrected chi connectivity index (χ2v) is 6.75. The van der Waals surface area contributed by atoms with Gasteiger partial charge < -0.3 is 10.2 Å². The second-order valence-electron chi connectivity index (χ2n) is 5.04. The van der Waals surface area contributed by atoms with Crippen molar-refractivity contribution in [2.75, 3.05) is 19.6 Å². The van der Waals surface area contributed by atoms with Gasteiger partial charge in [0.15, 0.2) is 0 Å². The van der Waals surface area contributed by atoms with Gasteiger partial charge in [-0.15, -0.1) is 0 Å². The van der Waals surface area contributed by atoms with Crippen LogP contribution in [0.5, 0.6) is 0 Å². The number of rotatable bonds is 5. The zero-order valence-electron chi connectivity index (χ0n) is 10.8. The molecule has 1 N–H and O–H groups in total. The summed E-state index contributed by atoms with van der Waals surface area (Å²) >= 11 is 7.03. The third-order valence-corrected chi connectivity index (χ3v) is 5.25. The Labute approximate surface area is 126 Å². The first-order valence-electron chi connectivity index (χ1n) is 6.55. The number of hydrogen-bond acceptors (Lipinski definition) is 2. The molecule has 1 fully saturated rings. The molecule has 1 aliphatic heterocycles. The van der Waals surface area contributed by atoms with Crippen molar-refractivity contribution in [2.45, 2.75) is 32.4 Å². The van der Waals surface area contributed by atoms with Gasteiger partial charge in [0.2, 0.25) is 0 Å². The van der Waals surface area contributed by atoms with Crippen molar-refractivity contribution in [3.63, 3.8) is 0 Å². The molecule has 2 rings (SSSR count). The minimum Gasteiger partial charge on any atom is -0.309 e. The standard InChI is InChI=1S/C14H20Br2N2/c1-11(10-18-6-2-3-7-18)17-9-12-4-5-13(15)14(16)8-12/h4-5,8,11,17H,2-3,6-7,9-10H2,1H3. The third kappa shape index (κ3) is 4.34. The Morgan fingerprint density at radius 3 is 2.61 bits per heavy atom. The summed E-state index contributed by atoms with van der Waals surface area (Å²) in [6.07, 6.45) is 2.73. The van der Waals surface area contributed by atoms with Gasteiger partial charge in [-0.2, -0.15) is 0 Å². The first-order valence-corrected chi connectivity index (χ1v) is 8.13. The number of likely N-dealkylation sites (tertiary alicyclic amines) is 1. The molecule has 1 saturated heterocycles. The SMILES string of the molecule is CC(CN1CCCC1)NCc1ccc(Br)c(Br)c1. The lowest BCUT2D eigenvalue weighted by Crippen LogP contribution is -2.37. The largest absolute Gasteiger partial charge is 0.309 e. The number of benzene rings is 1. The molecular formula is C14H20Br2N2. The molecule has 100 valence electrons. The van der Waals surface area contributed by atoms with E-state index in [0.717, 1.165) is 22.0 Å². The van der Waals surface area contributed by atoms with Crippen molar-refractivity contribution in [3.05, 3.63) is 32.7 Å². The van der Waals surface area contributed by atoms with Gasteiger partial charge in [0.25, 0.3) is 0 Å². The van der Waals surface area contributed by atoms with Gasteiger partial charge in [-0.3, -0.25) is 0 Å². The van der Waals surface area contributed by atoms with Gasteiger partial charge in [0.05, 0.1) is 0 Å². The highest BCUT2D eigenvalue weighted by Gasteiger charge is 2.14. The molecule has 1 heterocycles. The molecular weight excluding hydrogens is 356 g/mol. The van der Waals surface area contributed by atoms with E-state index in [-0.39, 0.29) is 0 Å². The first-order chi connectivity index (χ1) is 8.65. The summed E-state index contributed by atoms with van der Waals surface area (Å²) in [5.41, 5.74) is 1.32. The molecule has 0 spiro atoms. The average molecular weight is 376 g/mol. The van der Waals surface area contributed by atoms with Gasteiger partial charge in [0.1, 0.15) is 0 Å². The zero-order valence-corrected chi connectivity index (χ0v) is 13.9. The molecule has 1 unspecified atom stereocenters. The van der Waals surface area contributed by atoms with E-state index in [1.807, 2.05) is 0 Å². The Bertz CT molecular complexity index is 389. The van der Waals surface area contributed by atoms with Gasteiger partial charge in [-0.25, -0.2) is 0 Å². The molecule has 0 radical (unpaired) electrons. The lowest BCUT2D eigenvalue weighted by Gasteiger charge is -2.21. The van der Waals surface area contributed by atoms with E-state index in [1.165, 1.54) is 31.5 Å². The number of halogens is 2. The van der Waals surface area contributed by atoms with E-state index in [9.17, 15) is 0 Å². The van der Waals surface area contributed by atoms with E-state index in [2.05, 4.69) is 67.2 Å². The maximum absolute atomic E-state index is 3.59. The van der Waals surface area contributed by atoms with E-state index < -0.39 is 0 Å². The smallest absolute Gasteiger partial charge is 0.0320 e. The maximum Gasteiger partial charge on any atom is 0.0320 e. The van der Waals surface area contributed by atoms with E-state index in [0.29, 0.717) is 6.04 Å². The fourth-order valence-corrected chi connectivity index (χ4v) is 3.03. The van der Waals surface area contributed by atoms with Crippen LogP contribution in [0.1, 0.15) is 25.3 Å². The highest BCUT2D eigenvalue weighted by Crippen LogP contribution is 2.23. The van der Waals surface area contributed by atoms with Crippen LogP contribution in [0.4, 0.5) is 0 Å². The Kier molecular flexibility index (Phi) is 5.67. The predicted molar refractivity (Wildman–Crippen MR) is 83.8 cm³/mol. The van der Waals surface area contributed by atoms with Crippen LogP contribution < -0.4 is 5.32 Å². The molecule has 0 aliphatic carbocycles. The van der Waals surface area contributed by atoms with E-state index in [1.54, 1.807) is 0 Å². The zero-order chi connectivity index (χ0) is 13.0. The summed E-state index contributed by atoms with van der Waals surface area (Å²) in [6.45, 7) is 6.91. The summed E-state index contributed by atoms with van der Waals surface area (Å²) in [6, 6.07) is 6.96. The quantitative estimate of drug-likeness (QED) is 0.842. The molecule has 18 heavy (non-hydrogen) atoms. The molecule has 0 bridgehead atoms. The molecule has 2 nitrogen and oxygen atoms in total. The molecule has 0 saturated carbocycles. The molecule has 0 amide bonds. The number of nitrogens with zero attached hydrogens (tertiary/aromatic N) is 1. The molecule has 4 heteroatoms. The van der Waals surface area contributed by atoms with Crippen LogP contribution in [0, 0.1) is 0 Å². The monoisotopic (exact) mass is 374 g/mol. The van der Waals surface area contributed by atoms with Crippen molar-refractivity contribution in [1.29, 1.82) is 0 Å². The molecule has 1 atom stereocenters. The van der Waals surface area contributed by atoms with Crippen LogP contribution in [-0.2, 0) is 6.54 Å². The van der Waals surface area contributed by atoms with Gasteiger partial charge in [-0.05, 0) is 82.4 Å². The van der Waals surface area contributed by atoms with Crippen LogP contribution in [0.25, 0.3) is 0 Å². The Morgan fingerprint density at radius 2 is 1.94 bits per heavy atom. The van der Waals surface area contributed by atoms with Crippen LogP contribution in [0.15, 0.2) is 27.1 Å². The highest BCUT2D eigenvalue weighted by atomic mass is 79.9. The normalized spacial score (nSPS) is 18.2. The molecule has 1 aliphatic rings. The minimum atomic E-state index is 0.547. The van der Waals surface area contributed by atoms with Crippen molar-refractivity contribution in [2.24, 2.45) is 0 Å². The lowest BCUT2D eigenvalue weighted by atomic mass is 10.2. The highest BCUT2D eigenvalue weighted by molar-refractivity contribution is 9.13. The predicted octanol–water partition coefficient (Wildman–Crippen LogP) is 3.79. The van der Waals surface area contributed by atoms with Crippen molar-refractivity contribution in [1.82, 2.24) is 10.2 Å².